The molecule has 8 heteroatoms. The molecule has 1 fully saturated rings. The normalized spacial score (nSPS) is 19.7. The number of fused-ring (bicyclic) bond motifs is 1. The monoisotopic (exact) mass is 381 g/mol. The van der Waals surface area contributed by atoms with Crippen molar-refractivity contribution < 1.29 is 14.5 Å². The van der Waals surface area contributed by atoms with Crippen molar-refractivity contribution in [1.29, 1.82) is 0 Å². The molecule has 0 spiro atoms. The zero-order valence-corrected chi connectivity index (χ0v) is 15.1. The number of methoxy groups -OCH3 is 1. The Hall–Kier alpha value is -3.26. The summed E-state index contributed by atoms with van der Waals surface area (Å²) in [5.41, 5.74) is 2.56. The van der Waals surface area contributed by atoms with E-state index in [4.69, 9.17) is 4.74 Å². The number of non-ortho nitro benzene ring substituents is 1. The van der Waals surface area contributed by atoms with Crippen LogP contribution in [0.15, 0.2) is 59.6 Å². The molecule has 7 nitrogen and oxygen atoms in total. The summed E-state index contributed by atoms with van der Waals surface area (Å²) in [5.74, 6) is 0.555. The van der Waals surface area contributed by atoms with Gasteiger partial charge in [0, 0.05) is 17.7 Å². The highest BCUT2D eigenvalue weighted by atomic mass is 32.2. The highest BCUT2D eigenvalue weighted by Gasteiger charge is 2.40. The van der Waals surface area contributed by atoms with Gasteiger partial charge in [-0.2, -0.15) is 0 Å². The minimum absolute atomic E-state index is 0.0148. The molecule has 0 radical (unpaired) electrons. The second kappa shape index (κ2) is 6.81. The summed E-state index contributed by atoms with van der Waals surface area (Å²) in [7, 11) is 1.60. The average molecular weight is 381 g/mol. The van der Waals surface area contributed by atoms with E-state index in [0.29, 0.717) is 11.3 Å². The van der Waals surface area contributed by atoms with Crippen LogP contribution >= 0.6 is 11.8 Å². The Morgan fingerprint density at radius 2 is 2.04 bits per heavy atom. The van der Waals surface area contributed by atoms with Crippen molar-refractivity contribution in [3.8, 4) is 5.75 Å². The summed E-state index contributed by atoms with van der Waals surface area (Å²) in [4.78, 5) is 25.0. The van der Waals surface area contributed by atoms with Crippen LogP contribution in [-0.2, 0) is 4.79 Å². The smallest absolute Gasteiger partial charge is 0.270 e. The van der Waals surface area contributed by atoms with Crippen molar-refractivity contribution in [3.63, 3.8) is 0 Å². The summed E-state index contributed by atoms with van der Waals surface area (Å²) in [5, 5.41) is 15.9. The number of carbonyl (C=O) groups is 1. The molecule has 2 aromatic carbocycles. The lowest BCUT2D eigenvalue weighted by molar-refractivity contribution is -0.384. The number of nitrogens with one attached hydrogen (secondary N) is 1. The molecule has 4 rings (SSSR count). The number of nitrogens with zero attached hydrogens (tertiary/aromatic N) is 2. The number of thioether (sulfide) groups is 1. The number of amides is 1. The summed E-state index contributed by atoms with van der Waals surface area (Å²) in [6, 6.07) is 13.8. The second-order valence-corrected chi connectivity index (χ2v) is 6.90. The Labute approximate surface area is 159 Å². The molecule has 136 valence electrons. The molecule has 0 bridgehead atoms. The number of ether oxygens (including phenoxy) is 1. The van der Waals surface area contributed by atoms with Crippen molar-refractivity contribution in [2.45, 2.75) is 5.50 Å². The van der Waals surface area contributed by atoms with Gasteiger partial charge >= 0.3 is 0 Å². The SMILES string of the molecule is COc1ccc(C=C2C(=O)NC3SC=C(c4cccc([N+](=O)[O-])c4)N23)cc1. The lowest BCUT2D eigenvalue weighted by Gasteiger charge is -2.21. The van der Waals surface area contributed by atoms with E-state index in [2.05, 4.69) is 5.32 Å². The summed E-state index contributed by atoms with van der Waals surface area (Å²) in [6.45, 7) is 0. The number of carbonyl (C=O) groups excluding carboxylic acids is 1. The van der Waals surface area contributed by atoms with Crippen molar-refractivity contribution in [2.75, 3.05) is 7.11 Å². The van der Waals surface area contributed by atoms with Crippen LogP contribution < -0.4 is 10.1 Å². The van der Waals surface area contributed by atoms with E-state index in [1.165, 1.54) is 23.9 Å². The highest BCUT2D eigenvalue weighted by Crippen LogP contribution is 2.42. The van der Waals surface area contributed by atoms with Gasteiger partial charge in [-0.25, -0.2) is 0 Å². The molecule has 2 aliphatic heterocycles. The molecule has 1 atom stereocenters. The van der Waals surface area contributed by atoms with Gasteiger partial charge < -0.3 is 15.0 Å². The van der Waals surface area contributed by atoms with E-state index in [1.807, 2.05) is 34.6 Å². The van der Waals surface area contributed by atoms with Crippen LogP contribution in [-0.4, -0.2) is 28.3 Å². The maximum absolute atomic E-state index is 12.5. The summed E-state index contributed by atoms with van der Waals surface area (Å²) in [6.07, 6.45) is 1.80. The van der Waals surface area contributed by atoms with Gasteiger partial charge in [0.15, 0.2) is 5.50 Å². The third-order valence-corrected chi connectivity index (χ3v) is 5.27. The standard InChI is InChI=1S/C19H15N3O4S/c1-26-15-7-5-12(6-8-15)9-16-18(23)20-19-21(16)17(11-27-19)13-3-2-4-14(10-13)22(24)25/h2-11,19H,1H3,(H,20,23). The molecule has 0 saturated carbocycles. The number of rotatable bonds is 4. The molecule has 1 unspecified atom stereocenters. The van der Waals surface area contributed by atoms with Gasteiger partial charge in [-0.15, -0.1) is 0 Å². The van der Waals surface area contributed by atoms with Crippen molar-refractivity contribution in [1.82, 2.24) is 10.2 Å². The minimum atomic E-state index is -0.425. The number of benzene rings is 2. The maximum Gasteiger partial charge on any atom is 0.270 e. The molecule has 1 N–H and O–H groups in total. The molecule has 1 amide bonds. The number of hydrogen-bond donors (Lipinski definition) is 1. The van der Waals surface area contributed by atoms with E-state index in [1.54, 1.807) is 25.3 Å². The van der Waals surface area contributed by atoms with E-state index < -0.39 is 4.92 Å². The Morgan fingerprint density at radius 3 is 2.74 bits per heavy atom. The first kappa shape index (κ1) is 17.2. The van der Waals surface area contributed by atoms with Crippen LogP contribution in [0.4, 0.5) is 5.69 Å². The fraction of sp³-hybridized carbons (Fsp3) is 0.105. The van der Waals surface area contributed by atoms with Crippen LogP contribution in [0, 0.1) is 10.1 Å². The van der Waals surface area contributed by atoms with Crippen LogP contribution in [0.5, 0.6) is 5.75 Å². The first-order valence-corrected chi connectivity index (χ1v) is 9.07. The maximum atomic E-state index is 12.5. The van der Waals surface area contributed by atoms with Crippen molar-refractivity contribution in [2.24, 2.45) is 0 Å². The molecule has 1 saturated heterocycles. The summed E-state index contributed by atoms with van der Waals surface area (Å²) < 4.78 is 5.16. The minimum Gasteiger partial charge on any atom is -0.497 e. The molecule has 2 heterocycles. The first-order valence-electron chi connectivity index (χ1n) is 8.13. The predicted octanol–water partition coefficient (Wildman–Crippen LogP) is 3.41. The molecular weight excluding hydrogens is 366 g/mol. The Bertz CT molecular complexity index is 985. The van der Waals surface area contributed by atoms with Gasteiger partial charge in [0.1, 0.15) is 11.4 Å². The Morgan fingerprint density at radius 1 is 1.26 bits per heavy atom. The third kappa shape index (κ3) is 3.15. The van der Waals surface area contributed by atoms with Gasteiger partial charge in [0.05, 0.1) is 17.7 Å². The van der Waals surface area contributed by atoms with Gasteiger partial charge in [0.25, 0.3) is 11.6 Å². The lowest BCUT2D eigenvalue weighted by Crippen LogP contribution is -2.27. The molecule has 2 aromatic rings. The van der Waals surface area contributed by atoms with Gasteiger partial charge in [-0.05, 0) is 29.2 Å². The largest absolute Gasteiger partial charge is 0.497 e. The zero-order chi connectivity index (χ0) is 19.0. The van der Waals surface area contributed by atoms with Gasteiger partial charge in [-0.3, -0.25) is 14.9 Å². The van der Waals surface area contributed by atoms with E-state index >= 15 is 0 Å². The molecule has 27 heavy (non-hydrogen) atoms. The van der Waals surface area contributed by atoms with Gasteiger partial charge in [0.2, 0.25) is 0 Å². The average Bonchev–Trinajstić information content (AvgIpc) is 3.22. The van der Waals surface area contributed by atoms with Crippen LogP contribution in [0.2, 0.25) is 0 Å². The van der Waals surface area contributed by atoms with Gasteiger partial charge in [-0.1, -0.05) is 36.0 Å². The number of nitro groups is 1. The fourth-order valence-electron chi connectivity index (χ4n) is 3.00. The zero-order valence-electron chi connectivity index (χ0n) is 14.3. The molecule has 0 aromatic heterocycles. The highest BCUT2D eigenvalue weighted by molar-refractivity contribution is 8.03. The van der Waals surface area contributed by atoms with E-state index in [9.17, 15) is 14.9 Å². The molecular formula is C19H15N3O4S. The van der Waals surface area contributed by atoms with Crippen molar-refractivity contribution in [3.05, 3.63) is 80.9 Å². The predicted molar refractivity (Wildman–Crippen MR) is 103 cm³/mol. The van der Waals surface area contributed by atoms with Crippen molar-refractivity contribution >= 4 is 35.1 Å². The summed E-state index contributed by atoms with van der Waals surface area (Å²) >= 11 is 1.46. The van der Waals surface area contributed by atoms with E-state index in [0.717, 1.165) is 17.0 Å². The fourth-order valence-corrected chi connectivity index (χ4v) is 4.03. The quantitative estimate of drug-likeness (QED) is 0.496. The lowest BCUT2D eigenvalue weighted by atomic mass is 10.1. The molecule has 0 aliphatic carbocycles. The second-order valence-electron chi connectivity index (χ2n) is 5.95. The van der Waals surface area contributed by atoms with Crippen LogP contribution in [0.25, 0.3) is 11.8 Å². The Kier molecular flexibility index (Phi) is 4.33. The molecule has 2 aliphatic rings. The first-order chi connectivity index (χ1) is 13.1. The topological polar surface area (TPSA) is 84.7 Å². The van der Waals surface area contributed by atoms with E-state index in [-0.39, 0.29) is 17.1 Å². The number of nitro benzene ring substituents is 1. The number of hydrogen-bond acceptors (Lipinski definition) is 6. The Balaban J connectivity index is 1.70. The van der Waals surface area contributed by atoms with Crippen LogP contribution in [0.1, 0.15) is 11.1 Å². The van der Waals surface area contributed by atoms with Crippen LogP contribution in [0.3, 0.4) is 0 Å². The third-order valence-electron chi connectivity index (χ3n) is 4.32.